The van der Waals surface area contributed by atoms with Crippen LogP contribution in [0.1, 0.15) is 84.5 Å². The highest BCUT2D eigenvalue weighted by atomic mass is 16.3. The summed E-state index contributed by atoms with van der Waals surface area (Å²) in [4.78, 5) is 12.0. The third-order valence-electron chi connectivity index (χ3n) is 9.55. The van der Waals surface area contributed by atoms with Gasteiger partial charge < -0.3 is 10.2 Å². The Balaban J connectivity index is 1.59. The summed E-state index contributed by atoms with van der Waals surface area (Å²) in [7, 11) is 0. The van der Waals surface area contributed by atoms with E-state index in [0.717, 1.165) is 63.2 Å². The number of carbonyl (C=O) groups is 1. The molecular weight excluding hydrogens is 312 g/mol. The van der Waals surface area contributed by atoms with Crippen molar-refractivity contribution in [2.24, 2.45) is 34.5 Å². The zero-order valence-electron chi connectivity index (χ0n) is 16.1. The van der Waals surface area contributed by atoms with Crippen LogP contribution in [0.25, 0.3) is 0 Å². The number of ketones is 1. The highest BCUT2D eigenvalue weighted by Gasteiger charge is 2.64. The molecule has 2 N–H and O–H groups in total. The predicted octanol–water partition coefficient (Wildman–Crippen LogP) is 4.10. The lowest BCUT2D eigenvalue weighted by atomic mass is 9.44. The Bertz CT molecular complexity index is 545. The number of fused-ring (bicyclic) bond motifs is 5. The summed E-state index contributed by atoms with van der Waals surface area (Å²) < 4.78 is 0. The largest absolute Gasteiger partial charge is 0.396 e. The van der Waals surface area contributed by atoms with Gasteiger partial charge in [-0.05, 0) is 92.3 Å². The molecule has 0 aliphatic heterocycles. The molecule has 0 aromatic rings. The molecule has 0 heterocycles. The summed E-state index contributed by atoms with van der Waals surface area (Å²) in [6.07, 6.45) is 11.1. The number of aliphatic hydroxyl groups excluding tert-OH is 1. The maximum Gasteiger partial charge on any atom is 0.133 e. The first kappa shape index (κ1) is 18.0. The minimum Gasteiger partial charge on any atom is -0.396 e. The van der Waals surface area contributed by atoms with Crippen molar-refractivity contribution in [1.82, 2.24) is 0 Å². The van der Waals surface area contributed by atoms with Gasteiger partial charge in [-0.3, -0.25) is 4.79 Å². The van der Waals surface area contributed by atoms with Gasteiger partial charge in [-0.15, -0.1) is 0 Å². The van der Waals surface area contributed by atoms with Gasteiger partial charge in [0, 0.05) is 19.4 Å². The molecule has 142 valence electrons. The van der Waals surface area contributed by atoms with E-state index < -0.39 is 5.60 Å². The van der Waals surface area contributed by atoms with Gasteiger partial charge in [-0.25, -0.2) is 0 Å². The van der Waals surface area contributed by atoms with Gasteiger partial charge in [0.05, 0.1) is 5.60 Å². The van der Waals surface area contributed by atoms with Crippen molar-refractivity contribution >= 4 is 5.78 Å². The molecule has 0 bridgehead atoms. The third-order valence-corrected chi connectivity index (χ3v) is 9.55. The maximum atomic E-state index is 12.0. The van der Waals surface area contributed by atoms with Gasteiger partial charge in [0.25, 0.3) is 0 Å². The Morgan fingerprint density at radius 1 is 1.04 bits per heavy atom. The van der Waals surface area contributed by atoms with E-state index in [4.69, 9.17) is 0 Å². The Morgan fingerprint density at radius 3 is 2.56 bits per heavy atom. The van der Waals surface area contributed by atoms with Crippen molar-refractivity contribution in [2.45, 2.75) is 90.1 Å². The summed E-state index contributed by atoms with van der Waals surface area (Å²) in [6.45, 7) is 5.01. The Labute approximate surface area is 152 Å². The molecule has 25 heavy (non-hydrogen) atoms. The zero-order valence-corrected chi connectivity index (χ0v) is 16.1. The van der Waals surface area contributed by atoms with Crippen molar-refractivity contribution < 1.29 is 15.0 Å². The van der Waals surface area contributed by atoms with Crippen LogP contribution in [-0.4, -0.2) is 28.2 Å². The lowest BCUT2D eigenvalue weighted by Gasteiger charge is -2.61. The van der Waals surface area contributed by atoms with Crippen LogP contribution in [0.3, 0.4) is 0 Å². The molecule has 4 rings (SSSR count). The van der Waals surface area contributed by atoms with Gasteiger partial charge in [-0.1, -0.05) is 13.8 Å². The molecule has 4 aliphatic rings. The second kappa shape index (κ2) is 6.05. The molecule has 4 aliphatic carbocycles. The van der Waals surface area contributed by atoms with Gasteiger partial charge >= 0.3 is 0 Å². The summed E-state index contributed by atoms with van der Waals surface area (Å²) >= 11 is 0. The van der Waals surface area contributed by atoms with Crippen LogP contribution in [-0.2, 0) is 4.79 Å². The average Bonchev–Trinajstić information content (AvgIpc) is 2.85. The molecule has 0 saturated heterocycles. The molecular formula is C22H36O3. The molecule has 0 spiro atoms. The van der Waals surface area contributed by atoms with Gasteiger partial charge in [0.1, 0.15) is 5.78 Å². The Kier molecular flexibility index (Phi) is 4.35. The van der Waals surface area contributed by atoms with Crippen molar-refractivity contribution in [3.05, 3.63) is 0 Å². The average molecular weight is 349 g/mol. The molecule has 0 amide bonds. The van der Waals surface area contributed by atoms with E-state index in [-0.39, 0.29) is 12.0 Å². The van der Waals surface area contributed by atoms with Crippen LogP contribution in [0.5, 0.6) is 0 Å². The van der Waals surface area contributed by atoms with Crippen LogP contribution in [0.4, 0.5) is 0 Å². The van der Waals surface area contributed by atoms with E-state index in [1.54, 1.807) is 0 Å². The molecule has 0 radical (unpaired) electrons. The minimum absolute atomic E-state index is 0.0248. The Hall–Kier alpha value is -0.410. The number of rotatable bonds is 3. The first-order valence-electron chi connectivity index (χ1n) is 10.7. The van der Waals surface area contributed by atoms with Crippen LogP contribution in [0.2, 0.25) is 0 Å². The SMILES string of the molecule is C[C@]12CCC(=O)C[C@@H]1CC[C@@H]1[C@@H]2CC[C@@]2(C)[C@H]1CC[C@]2(O)CCCO. The lowest BCUT2D eigenvalue weighted by Crippen LogP contribution is -2.56. The van der Waals surface area contributed by atoms with Crippen molar-refractivity contribution in [1.29, 1.82) is 0 Å². The second-order valence-corrected chi connectivity index (χ2v) is 10.3. The predicted molar refractivity (Wildman–Crippen MR) is 98.0 cm³/mol. The fraction of sp³-hybridized carbons (Fsp3) is 0.955. The first-order valence-corrected chi connectivity index (χ1v) is 10.7. The molecule has 3 nitrogen and oxygen atoms in total. The quantitative estimate of drug-likeness (QED) is 0.807. The standard InChI is InChI=1S/C22H36O3/c1-20-10-6-16(24)14-15(20)4-5-17-18(20)7-11-21(2)19(17)8-12-22(21,25)9-3-13-23/h15,17-19,23,25H,3-14H2,1-2H3/t15-,17+,18-,19-,20-,21-,22+/m0/s1. The van der Waals surface area contributed by atoms with E-state index in [2.05, 4.69) is 13.8 Å². The van der Waals surface area contributed by atoms with Crippen LogP contribution < -0.4 is 0 Å². The molecule has 4 saturated carbocycles. The molecule has 0 aromatic heterocycles. The minimum atomic E-state index is -0.578. The van der Waals surface area contributed by atoms with Crippen molar-refractivity contribution in [2.75, 3.05) is 6.61 Å². The fourth-order valence-corrected chi connectivity index (χ4v) is 7.94. The fourth-order valence-electron chi connectivity index (χ4n) is 7.94. The number of hydrogen-bond donors (Lipinski definition) is 2. The molecule has 4 fully saturated rings. The van der Waals surface area contributed by atoms with E-state index in [1.165, 1.54) is 19.3 Å². The molecule has 0 unspecified atom stereocenters. The zero-order chi connectivity index (χ0) is 17.9. The highest BCUT2D eigenvalue weighted by molar-refractivity contribution is 5.79. The van der Waals surface area contributed by atoms with E-state index in [0.29, 0.717) is 23.0 Å². The molecule has 3 heteroatoms. The van der Waals surface area contributed by atoms with Gasteiger partial charge in [-0.2, -0.15) is 0 Å². The smallest absolute Gasteiger partial charge is 0.133 e. The molecule has 7 atom stereocenters. The summed E-state index contributed by atoms with van der Waals surface area (Å²) in [5.74, 6) is 3.20. The van der Waals surface area contributed by atoms with Crippen molar-refractivity contribution in [3.63, 3.8) is 0 Å². The molecule has 0 aromatic carbocycles. The maximum absolute atomic E-state index is 12.0. The highest BCUT2D eigenvalue weighted by Crippen LogP contribution is 2.68. The third kappa shape index (κ3) is 2.48. The van der Waals surface area contributed by atoms with Crippen LogP contribution in [0.15, 0.2) is 0 Å². The van der Waals surface area contributed by atoms with Gasteiger partial charge in [0.2, 0.25) is 0 Å². The first-order chi connectivity index (χ1) is 11.8. The van der Waals surface area contributed by atoms with Crippen LogP contribution >= 0.6 is 0 Å². The number of hydrogen-bond acceptors (Lipinski definition) is 3. The summed E-state index contributed by atoms with van der Waals surface area (Å²) in [5, 5.41) is 20.7. The van der Waals surface area contributed by atoms with E-state index in [1.807, 2.05) is 0 Å². The topological polar surface area (TPSA) is 57.5 Å². The van der Waals surface area contributed by atoms with E-state index >= 15 is 0 Å². The Morgan fingerprint density at radius 2 is 1.80 bits per heavy atom. The normalized spacial score (nSPS) is 52.4. The number of aliphatic hydroxyl groups is 2. The lowest BCUT2D eigenvalue weighted by molar-refractivity contribution is -0.158. The summed E-state index contributed by atoms with van der Waals surface area (Å²) in [5.41, 5.74) is -0.202. The van der Waals surface area contributed by atoms with Crippen LogP contribution in [0, 0.1) is 34.5 Å². The number of carbonyl (C=O) groups excluding carboxylic acids is 1. The second-order valence-electron chi connectivity index (χ2n) is 10.3. The summed E-state index contributed by atoms with van der Waals surface area (Å²) in [6, 6.07) is 0. The number of Topliss-reactive ketones (excluding diaryl/α,β-unsaturated/α-hetero) is 1. The van der Waals surface area contributed by atoms with Gasteiger partial charge in [0.15, 0.2) is 0 Å². The van der Waals surface area contributed by atoms with Crippen molar-refractivity contribution in [3.8, 4) is 0 Å². The monoisotopic (exact) mass is 348 g/mol. The van der Waals surface area contributed by atoms with E-state index in [9.17, 15) is 15.0 Å².